The lowest BCUT2D eigenvalue weighted by molar-refractivity contribution is 0.0796. The highest BCUT2D eigenvalue weighted by Crippen LogP contribution is 2.16. The largest absolute Gasteiger partial charge is 0.450 e. The van der Waals surface area contributed by atoms with E-state index in [0.717, 1.165) is 56.9 Å². The Morgan fingerprint density at radius 3 is 1.40 bits per heavy atom. The second kappa shape index (κ2) is 26.2. The summed E-state index contributed by atoms with van der Waals surface area (Å²) in [7, 11) is 0. The van der Waals surface area contributed by atoms with Crippen molar-refractivity contribution in [2.45, 2.75) is 85.5 Å². The molecule has 0 unspecified atom stereocenters. The molecule has 1 aromatic rings. The lowest BCUT2D eigenvalue weighted by Crippen LogP contribution is -2.47. The van der Waals surface area contributed by atoms with Gasteiger partial charge < -0.3 is 45.1 Å². The normalized spacial score (nSPS) is 10.7. The first-order chi connectivity index (χ1) is 22.7. The smallest absolute Gasteiger partial charge is 0.409 e. The minimum atomic E-state index is -0.544. The number of hydrogen-bond acceptors (Lipinski definition) is 9. The lowest BCUT2D eigenvalue weighted by atomic mass is 9.97. The third-order valence-corrected chi connectivity index (χ3v) is 7.19. The zero-order chi connectivity index (χ0) is 34.7. The molecule has 47 heavy (non-hydrogen) atoms. The van der Waals surface area contributed by atoms with Gasteiger partial charge in [0.2, 0.25) is 0 Å². The highest BCUT2D eigenvalue weighted by Gasteiger charge is 2.26. The van der Waals surface area contributed by atoms with Gasteiger partial charge in [-0.2, -0.15) is 0 Å². The van der Waals surface area contributed by atoms with Crippen LogP contribution in [0.5, 0.6) is 0 Å². The molecule has 0 saturated heterocycles. The fraction of sp³-hybridized carbons (Fsp3) is 0.706. The van der Waals surface area contributed by atoms with Gasteiger partial charge in [0.15, 0.2) is 0 Å². The number of alkyl carbamates (subject to hydrolysis) is 2. The first-order valence-electron chi connectivity index (χ1n) is 17.2. The Balaban J connectivity index is 3.16. The summed E-state index contributed by atoms with van der Waals surface area (Å²) >= 11 is 0. The average molecular weight is 666 g/mol. The summed E-state index contributed by atoms with van der Waals surface area (Å²) in [6, 6.07) is 7.44. The summed E-state index contributed by atoms with van der Waals surface area (Å²) in [4.78, 5) is 53.9. The van der Waals surface area contributed by atoms with E-state index in [0.29, 0.717) is 25.3 Å². The van der Waals surface area contributed by atoms with Gasteiger partial charge >= 0.3 is 24.4 Å². The van der Waals surface area contributed by atoms with Crippen LogP contribution in [0, 0.1) is 5.92 Å². The topological polar surface area (TPSA) is 162 Å². The van der Waals surface area contributed by atoms with Crippen LogP contribution in [0.4, 0.5) is 24.9 Å². The predicted molar refractivity (Wildman–Crippen MR) is 182 cm³/mol. The van der Waals surface area contributed by atoms with Crippen LogP contribution >= 0.6 is 0 Å². The second-order valence-electron chi connectivity index (χ2n) is 11.5. The van der Waals surface area contributed by atoms with E-state index in [1.165, 1.54) is 0 Å². The quantitative estimate of drug-likeness (QED) is 0.0687. The predicted octanol–water partition coefficient (Wildman–Crippen LogP) is 5.96. The van der Waals surface area contributed by atoms with Gasteiger partial charge in [0.1, 0.15) is 0 Å². The van der Waals surface area contributed by atoms with E-state index in [-0.39, 0.29) is 58.4 Å². The summed E-state index contributed by atoms with van der Waals surface area (Å²) in [5.74, 6) is -0.260. The molecule has 4 N–H and O–H groups in total. The standard InChI is InChI=1S/C34H59N5O8/c1-5-9-21-44-31(40)36-17-19-38(33(42)46-23-11-7-3)26-29(25-28-13-15-30(35)16-14-28)27-39(34(43)47-24-12-8-4)20-18-37-32(41)45-22-10-6-2/h13-16,29H,5-12,17-27,35H2,1-4H3,(H,36,40)(H,37,41). The van der Waals surface area contributed by atoms with Crippen molar-refractivity contribution in [1.29, 1.82) is 0 Å². The van der Waals surface area contributed by atoms with Gasteiger partial charge in [-0.1, -0.05) is 65.5 Å². The number of hydrogen-bond donors (Lipinski definition) is 3. The molecule has 13 heteroatoms. The number of benzene rings is 1. The first-order valence-corrected chi connectivity index (χ1v) is 17.2. The van der Waals surface area contributed by atoms with Crippen LogP contribution in [-0.2, 0) is 25.4 Å². The number of carbonyl (C=O) groups is 4. The molecular weight excluding hydrogens is 606 g/mol. The molecule has 268 valence electrons. The molecule has 0 fully saturated rings. The maximum Gasteiger partial charge on any atom is 0.409 e. The maximum absolute atomic E-state index is 13.3. The minimum Gasteiger partial charge on any atom is -0.450 e. The van der Waals surface area contributed by atoms with E-state index in [4.69, 9.17) is 24.7 Å². The van der Waals surface area contributed by atoms with Gasteiger partial charge in [0.25, 0.3) is 0 Å². The summed E-state index contributed by atoms with van der Waals surface area (Å²) in [6.45, 7) is 10.4. The summed E-state index contributed by atoms with van der Waals surface area (Å²) < 4.78 is 21.5. The number of nitrogen functional groups attached to an aromatic ring is 1. The molecule has 1 rings (SSSR count). The van der Waals surface area contributed by atoms with Crippen molar-refractivity contribution >= 4 is 30.1 Å². The fourth-order valence-corrected chi connectivity index (χ4v) is 4.41. The second-order valence-corrected chi connectivity index (χ2v) is 11.5. The van der Waals surface area contributed by atoms with Gasteiger partial charge in [-0.15, -0.1) is 0 Å². The average Bonchev–Trinajstić information content (AvgIpc) is 3.05. The fourth-order valence-electron chi connectivity index (χ4n) is 4.41. The SMILES string of the molecule is CCCCOC(=O)NCCN(CC(Cc1ccc(N)cc1)CN(CCNC(=O)OCCCC)C(=O)OCCCC)C(=O)OCCCC. The minimum absolute atomic E-state index is 0.162. The van der Waals surface area contributed by atoms with E-state index in [1.54, 1.807) is 9.80 Å². The van der Waals surface area contributed by atoms with E-state index in [1.807, 2.05) is 52.0 Å². The number of carbonyl (C=O) groups excluding carboxylic acids is 4. The van der Waals surface area contributed by atoms with Crippen LogP contribution < -0.4 is 16.4 Å². The Hall–Kier alpha value is -3.90. The number of nitrogens with two attached hydrogens (primary N) is 1. The molecule has 0 aliphatic carbocycles. The van der Waals surface area contributed by atoms with Gasteiger partial charge in [-0.05, 0) is 55.7 Å². The van der Waals surface area contributed by atoms with Crippen LogP contribution in [-0.4, -0.2) is 99.9 Å². The first kappa shape index (κ1) is 41.1. The molecular formula is C34H59N5O8. The molecule has 0 spiro atoms. The lowest BCUT2D eigenvalue weighted by Gasteiger charge is -2.31. The van der Waals surface area contributed by atoms with E-state index >= 15 is 0 Å². The van der Waals surface area contributed by atoms with Crippen LogP contribution in [0.25, 0.3) is 0 Å². The van der Waals surface area contributed by atoms with Gasteiger partial charge in [-0.3, -0.25) is 0 Å². The molecule has 0 saturated carbocycles. The Bertz CT molecular complexity index is 955. The van der Waals surface area contributed by atoms with E-state index in [2.05, 4.69) is 10.6 Å². The van der Waals surface area contributed by atoms with Crippen molar-refractivity contribution in [1.82, 2.24) is 20.4 Å². The van der Waals surface area contributed by atoms with Crippen LogP contribution in [0.1, 0.15) is 84.6 Å². The summed E-state index contributed by atoms with van der Waals surface area (Å²) in [6.07, 6.45) is 4.94. The van der Waals surface area contributed by atoms with Crippen molar-refractivity contribution in [3.05, 3.63) is 29.8 Å². The van der Waals surface area contributed by atoms with Crippen LogP contribution in [0.3, 0.4) is 0 Å². The molecule has 0 aliphatic heterocycles. The molecule has 13 nitrogen and oxygen atoms in total. The molecule has 0 radical (unpaired) electrons. The highest BCUT2D eigenvalue weighted by atomic mass is 16.6. The molecule has 0 aliphatic rings. The third kappa shape index (κ3) is 20.1. The molecule has 1 aromatic carbocycles. The number of nitrogens with zero attached hydrogens (tertiary/aromatic N) is 2. The van der Waals surface area contributed by atoms with Crippen molar-refractivity contribution < 1.29 is 38.1 Å². The molecule has 0 atom stereocenters. The van der Waals surface area contributed by atoms with Crippen molar-refractivity contribution in [2.24, 2.45) is 5.92 Å². The summed E-state index contributed by atoms with van der Waals surface area (Å²) in [5.41, 5.74) is 7.52. The van der Waals surface area contributed by atoms with Crippen molar-refractivity contribution in [2.75, 3.05) is 71.4 Å². The number of ether oxygens (including phenoxy) is 4. The van der Waals surface area contributed by atoms with Gasteiger partial charge in [0.05, 0.1) is 26.4 Å². The van der Waals surface area contributed by atoms with Crippen molar-refractivity contribution in [3.8, 4) is 0 Å². The number of unbranched alkanes of at least 4 members (excludes halogenated alkanes) is 4. The molecule has 4 amide bonds. The zero-order valence-electron chi connectivity index (χ0n) is 29.1. The Kier molecular flexibility index (Phi) is 22.9. The highest BCUT2D eigenvalue weighted by molar-refractivity contribution is 5.69. The third-order valence-electron chi connectivity index (χ3n) is 7.19. The molecule has 0 heterocycles. The zero-order valence-corrected chi connectivity index (χ0v) is 29.1. The van der Waals surface area contributed by atoms with Gasteiger partial charge in [0, 0.05) is 45.0 Å². The van der Waals surface area contributed by atoms with E-state index in [9.17, 15) is 19.2 Å². The number of nitrogens with one attached hydrogen (secondary N) is 2. The van der Waals surface area contributed by atoms with Crippen LogP contribution in [0.15, 0.2) is 24.3 Å². The number of amides is 4. The maximum atomic E-state index is 13.3. The Morgan fingerprint density at radius 2 is 1.02 bits per heavy atom. The number of anilines is 1. The van der Waals surface area contributed by atoms with Gasteiger partial charge in [-0.25, -0.2) is 19.2 Å². The monoisotopic (exact) mass is 665 g/mol. The molecule has 0 bridgehead atoms. The molecule has 0 aromatic heterocycles. The Morgan fingerprint density at radius 1 is 0.638 bits per heavy atom. The number of rotatable bonds is 24. The summed E-state index contributed by atoms with van der Waals surface area (Å²) in [5, 5.41) is 5.41. The van der Waals surface area contributed by atoms with E-state index < -0.39 is 24.4 Å². The van der Waals surface area contributed by atoms with Crippen LogP contribution in [0.2, 0.25) is 0 Å². The van der Waals surface area contributed by atoms with Crippen molar-refractivity contribution in [3.63, 3.8) is 0 Å². The Labute approximate surface area is 281 Å².